The minimum Gasteiger partial charge on any atom is -0.381 e. The van der Waals surface area contributed by atoms with Crippen molar-refractivity contribution in [1.82, 2.24) is 14.9 Å². The smallest absolute Gasteiger partial charge is 0.236 e. The van der Waals surface area contributed by atoms with Crippen molar-refractivity contribution in [3.05, 3.63) is 23.8 Å². The van der Waals surface area contributed by atoms with Crippen LogP contribution in [-0.2, 0) is 9.53 Å². The number of hydrogen-bond acceptors (Lipinski definition) is 4. The Bertz CT molecular complexity index is 724. The van der Waals surface area contributed by atoms with Crippen LogP contribution < -0.4 is 0 Å². The number of nitrogens with one attached hydrogen (secondary N) is 1. The predicted octanol–water partition coefficient (Wildman–Crippen LogP) is 2.74. The number of hydrogen-bond donors (Lipinski definition) is 1. The van der Waals surface area contributed by atoms with Crippen LogP contribution in [0.1, 0.15) is 24.8 Å². The lowest BCUT2D eigenvalue weighted by atomic mass is 10.1. The predicted molar refractivity (Wildman–Crippen MR) is 90.6 cm³/mol. The fourth-order valence-corrected chi connectivity index (χ4v) is 4.48. The van der Waals surface area contributed by atoms with Gasteiger partial charge in [-0.05, 0) is 43.9 Å². The van der Waals surface area contributed by atoms with E-state index in [-0.39, 0.29) is 11.2 Å². The quantitative estimate of drug-likeness (QED) is 0.939. The van der Waals surface area contributed by atoms with E-state index in [9.17, 15) is 4.79 Å². The molecule has 2 fully saturated rings. The van der Waals surface area contributed by atoms with Gasteiger partial charge in [-0.2, -0.15) is 0 Å². The number of carbonyl (C=O) groups is 1. The lowest BCUT2D eigenvalue weighted by molar-refractivity contribution is -0.130. The summed E-state index contributed by atoms with van der Waals surface area (Å²) in [4.78, 5) is 22.7. The molecule has 23 heavy (non-hydrogen) atoms. The number of fused-ring (bicyclic) bond motifs is 1. The summed E-state index contributed by atoms with van der Waals surface area (Å²) in [6.45, 7) is 4.48. The van der Waals surface area contributed by atoms with E-state index in [1.54, 1.807) is 11.8 Å². The molecule has 1 aromatic heterocycles. The normalized spacial score (nSPS) is 23.1. The van der Waals surface area contributed by atoms with Crippen molar-refractivity contribution in [1.29, 1.82) is 0 Å². The summed E-state index contributed by atoms with van der Waals surface area (Å²) in [6.07, 6.45) is 2.83. The maximum absolute atomic E-state index is 12.7. The molecule has 3 heterocycles. The van der Waals surface area contributed by atoms with E-state index in [1.165, 1.54) is 5.56 Å². The summed E-state index contributed by atoms with van der Waals surface area (Å²) < 4.78 is 5.40. The first kappa shape index (κ1) is 15.0. The van der Waals surface area contributed by atoms with Gasteiger partial charge in [-0.3, -0.25) is 4.79 Å². The van der Waals surface area contributed by atoms with Gasteiger partial charge in [0.05, 0.1) is 16.3 Å². The van der Waals surface area contributed by atoms with Crippen molar-refractivity contribution < 1.29 is 9.53 Å². The fraction of sp³-hybridized carbons (Fsp3) is 0.529. The van der Waals surface area contributed by atoms with E-state index in [4.69, 9.17) is 4.74 Å². The highest BCUT2D eigenvalue weighted by molar-refractivity contribution is 8.00. The number of likely N-dealkylation sites (tertiary alicyclic amines) is 1. The highest BCUT2D eigenvalue weighted by Crippen LogP contribution is 2.32. The fourth-order valence-electron chi connectivity index (χ4n) is 3.43. The first-order valence-electron chi connectivity index (χ1n) is 8.22. The maximum Gasteiger partial charge on any atom is 0.236 e. The number of aromatic nitrogens is 2. The topological polar surface area (TPSA) is 58.2 Å². The molecule has 2 saturated heterocycles. The lowest BCUT2D eigenvalue weighted by Crippen LogP contribution is -2.41. The number of H-pyrrole nitrogens is 1. The van der Waals surface area contributed by atoms with Crippen molar-refractivity contribution in [2.24, 2.45) is 0 Å². The molecule has 2 aliphatic rings. The van der Waals surface area contributed by atoms with E-state index >= 15 is 0 Å². The first-order chi connectivity index (χ1) is 11.2. The monoisotopic (exact) mass is 331 g/mol. The molecule has 0 radical (unpaired) electrons. The van der Waals surface area contributed by atoms with Crippen LogP contribution in [-0.4, -0.2) is 51.8 Å². The van der Waals surface area contributed by atoms with E-state index in [1.807, 2.05) is 6.07 Å². The number of carbonyl (C=O) groups excluding carboxylic acids is 1. The van der Waals surface area contributed by atoms with Gasteiger partial charge < -0.3 is 14.6 Å². The number of aryl methyl sites for hydroxylation is 1. The largest absolute Gasteiger partial charge is 0.381 e. The Balaban J connectivity index is 1.46. The lowest BCUT2D eigenvalue weighted by Gasteiger charge is -2.31. The summed E-state index contributed by atoms with van der Waals surface area (Å²) in [6, 6.07) is 6.54. The van der Waals surface area contributed by atoms with Crippen LogP contribution in [0.15, 0.2) is 23.4 Å². The number of imidazole rings is 1. The van der Waals surface area contributed by atoms with Crippen molar-refractivity contribution in [2.75, 3.05) is 19.8 Å². The second-order valence-electron chi connectivity index (χ2n) is 6.33. The van der Waals surface area contributed by atoms with Gasteiger partial charge in [0.1, 0.15) is 0 Å². The zero-order chi connectivity index (χ0) is 15.8. The average molecular weight is 331 g/mol. The van der Waals surface area contributed by atoms with Crippen molar-refractivity contribution >= 4 is 28.7 Å². The van der Waals surface area contributed by atoms with Gasteiger partial charge in [0.15, 0.2) is 5.16 Å². The molecule has 0 saturated carbocycles. The number of amides is 1. The highest BCUT2D eigenvalue weighted by atomic mass is 32.2. The van der Waals surface area contributed by atoms with Gasteiger partial charge in [0, 0.05) is 25.8 Å². The van der Waals surface area contributed by atoms with E-state index in [0.29, 0.717) is 6.04 Å². The van der Waals surface area contributed by atoms with Crippen molar-refractivity contribution in [2.45, 2.75) is 42.6 Å². The Morgan fingerprint density at radius 3 is 2.96 bits per heavy atom. The van der Waals surface area contributed by atoms with E-state index in [2.05, 4.69) is 33.9 Å². The zero-order valence-corrected chi connectivity index (χ0v) is 14.1. The maximum atomic E-state index is 12.7. The molecule has 2 aromatic rings. The first-order valence-corrected chi connectivity index (χ1v) is 9.10. The number of thioether (sulfide) groups is 1. The second-order valence-corrected chi connectivity index (χ2v) is 7.52. The molecule has 4 rings (SSSR count). The molecule has 0 aliphatic carbocycles. The van der Waals surface area contributed by atoms with Crippen LogP contribution in [0, 0.1) is 6.92 Å². The molecule has 0 bridgehead atoms. The molecule has 1 atom stereocenters. The molecule has 1 N–H and O–H groups in total. The summed E-state index contributed by atoms with van der Waals surface area (Å²) in [5, 5.41) is 0.831. The van der Waals surface area contributed by atoms with Crippen LogP contribution in [0.4, 0.5) is 0 Å². The Morgan fingerprint density at radius 2 is 2.13 bits per heavy atom. The van der Waals surface area contributed by atoms with Crippen LogP contribution in [0.5, 0.6) is 0 Å². The van der Waals surface area contributed by atoms with Gasteiger partial charge in [-0.1, -0.05) is 17.8 Å². The van der Waals surface area contributed by atoms with Crippen LogP contribution in [0.25, 0.3) is 11.0 Å². The summed E-state index contributed by atoms with van der Waals surface area (Å²) in [5.41, 5.74) is 3.21. The second kappa shape index (κ2) is 6.17. The third kappa shape index (κ3) is 2.97. The molecule has 2 aliphatic heterocycles. The summed E-state index contributed by atoms with van der Waals surface area (Å²) in [5.74, 6) is 0.263. The van der Waals surface area contributed by atoms with E-state index in [0.717, 1.165) is 55.2 Å². The molecular formula is C17H21N3O2S. The molecule has 1 amide bonds. The molecule has 1 unspecified atom stereocenters. The highest BCUT2D eigenvalue weighted by Gasteiger charge is 2.37. The van der Waals surface area contributed by atoms with Crippen molar-refractivity contribution in [3.8, 4) is 0 Å². The standard InChI is InChI=1S/C17H21N3O2S/c1-11-2-3-13-14(10-11)19-17(18-13)23-15-4-7-20(16(15)21)12-5-8-22-9-6-12/h2-3,10,12,15H,4-9H2,1H3,(H,18,19). The van der Waals surface area contributed by atoms with Crippen LogP contribution in [0.3, 0.4) is 0 Å². The Kier molecular flexibility index (Phi) is 4.03. The minimum absolute atomic E-state index is 0.0143. The Morgan fingerprint density at radius 1 is 1.30 bits per heavy atom. The van der Waals surface area contributed by atoms with E-state index < -0.39 is 0 Å². The van der Waals surface area contributed by atoms with Gasteiger partial charge in [-0.25, -0.2) is 4.98 Å². The van der Waals surface area contributed by atoms with Gasteiger partial charge in [-0.15, -0.1) is 0 Å². The Labute approximate surface area is 139 Å². The summed E-state index contributed by atoms with van der Waals surface area (Å²) in [7, 11) is 0. The zero-order valence-electron chi connectivity index (χ0n) is 13.2. The van der Waals surface area contributed by atoms with Gasteiger partial charge >= 0.3 is 0 Å². The van der Waals surface area contributed by atoms with Crippen molar-refractivity contribution in [3.63, 3.8) is 0 Å². The van der Waals surface area contributed by atoms with Gasteiger partial charge in [0.25, 0.3) is 0 Å². The minimum atomic E-state index is -0.0143. The third-order valence-corrected chi connectivity index (χ3v) is 5.83. The van der Waals surface area contributed by atoms with Crippen LogP contribution >= 0.6 is 11.8 Å². The number of benzene rings is 1. The Hall–Kier alpha value is -1.53. The molecule has 122 valence electrons. The summed E-state index contributed by atoms with van der Waals surface area (Å²) >= 11 is 1.57. The number of ether oxygens (including phenoxy) is 1. The molecule has 0 spiro atoms. The SMILES string of the molecule is Cc1ccc2nc(SC3CCN(C4CCOCC4)C3=O)[nH]c2c1. The van der Waals surface area contributed by atoms with Gasteiger partial charge in [0.2, 0.25) is 5.91 Å². The molecule has 6 heteroatoms. The molecular weight excluding hydrogens is 310 g/mol. The number of aromatic amines is 1. The number of rotatable bonds is 3. The van der Waals surface area contributed by atoms with Crippen LogP contribution in [0.2, 0.25) is 0 Å². The molecule has 1 aromatic carbocycles. The molecule has 5 nitrogen and oxygen atoms in total. The third-order valence-electron chi connectivity index (χ3n) is 4.69. The number of nitrogens with zero attached hydrogens (tertiary/aromatic N) is 2. The average Bonchev–Trinajstić information content (AvgIpc) is 3.12.